The van der Waals surface area contributed by atoms with Crippen LogP contribution in [-0.2, 0) is 18.2 Å². The Morgan fingerprint density at radius 2 is 1.69 bits per heavy atom. The molecule has 4 rings (SSSR count). The Bertz CT molecular complexity index is 1300. The highest BCUT2D eigenvalue weighted by Crippen LogP contribution is 2.46. The molecule has 0 unspecified atom stereocenters. The van der Waals surface area contributed by atoms with Gasteiger partial charge in [-0.1, -0.05) is 6.07 Å². The van der Waals surface area contributed by atoms with E-state index in [1.807, 2.05) is 0 Å². The Morgan fingerprint density at radius 1 is 1.00 bits per heavy atom. The number of Topliss-reactive ketones (excluding diaryl/α,β-unsaturated/α-hetero) is 1. The largest absolute Gasteiger partial charge is 0.430 e. The molecule has 0 spiro atoms. The molecule has 186 valence electrons. The molecule has 1 aliphatic rings. The first-order valence-electron chi connectivity index (χ1n) is 10.1. The first kappa shape index (κ1) is 24.6. The Morgan fingerprint density at radius 3 is 2.34 bits per heavy atom. The lowest BCUT2D eigenvalue weighted by Crippen LogP contribution is -2.44. The third-order valence-electron chi connectivity index (χ3n) is 5.51. The molecule has 3 heterocycles. The standard InChI is InChI=1S/C21H15F7N4O3/c22-12-6-5-9-3-1-2-4-14(33)15-11(20(23,24)25)8-13(29)16(30-15)17-31-32-18(35-17)19(34,10(12)7-9)21(26,27)28/h5-8,34H,1-4,29H2/t19-/m1/s1. The Labute approximate surface area is 191 Å². The Kier molecular flexibility index (Phi) is 5.82. The number of rotatable bonds is 0. The summed E-state index contributed by atoms with van der Waals surface area (Å²) in [5, 5.41) is 17.2. The fourth-order valence-electron chi connectivity index (χ4n) is 3.72. The van der Waals surface area contributed by atoms with Crippen molar-refractivity contribution in [3.63, 3.8) is 0 Å². The highest BCUT2D eigenvalue weighted by atomic mass is 19.4. The van der Waals surface area contributed by atoms with Gasteiger partial charge in [-0.25, -0.2) is 9.37 Å². The van der Waals surface area contributed by atoms with E-state index in [2.05, 4.69) is 15.2 Å². The topological polar surface area (TPSA) is 115 Å². The molecule has 0 amide bonds. The summed E-state index contributed by atoms with van der Waals surface area (Å²) >= 11 is 0. The first-order valence-corrected chi connectivity index (χ1v) is 10.1. The van der Waals surface area contributed by atoms with E-state index in [-0.39, 0.29) is 31.2 Å². The van der Waals surface area contributed by atoms with E-state index in [4.69, 9.17) is 10.2 Å². The third kappa shape index (κ3) is 4.22. The van der Waals surface area contributed by atoms with Gasteiger partial charge < -0.3 is 15.3 Å². The van der Waals surface area contributed by atoms with Crippen LogP contribution < -0.4 is 5.73 Å². The molecule has 6 bridgehead atoms. The van der Waals surface area contributed by atoms with E-state index in [1.165, 1.54) is 6.07 Å². The zero-order chi connectivity index (χ0) is 25.8. The predicted octanol–water partition coefficient (Wildman–Crippen LogP) is 4.58. The van der Waals surface area contributed by atoms with Crippen molar-refractivity contribution in [3.05, 3.63) is 58.4 Å². The number of ketones is 1. The quantitative estimate of drug-likeness (QED) is 0.431. The Hall–Kier alpha value is -3.55. The van der Waals surface area contributed by atoms with Gasteiger partial charge in [0.2, 0.25) is 0 Å². The number of pyridine rings is 1. The number of nitrogens with zero attached hydrogens (tertiary/aromatic N) is 3. The fraction of sp³-hybridized carbons (Fsp3) is 0.333. The summed E-state index contributed by atoms with van der Waals surface area (Å²) in [7, 11) is 0. The minimum Gasteiger partial charge on any atom is -0.415 e. The van der Waals surface area contributed by atoms with Gasteiger partial charge in [0.25, 0.3) is 17.4 Å². The fourth-order valence-corrected chi connectivity index (χ4v) is 3.72. The van der Waals surface area contributed by atoms with Gasteiger partial charge in [-0.2, -0.15) is 26.3 Å². The maximum absolute atomic E-state index is 14.5. The zero-order valence-electron chi connectivity index (χ0n) is 17.5. The number of nitrogen functional groups attached to an aromatic ring is 1. The molecule has 3 N–H and O–H groups in total. The van der Waals surface area contributed by atoms with Crippen molar-refractivity contribution in [1.82, 2.24) is 15.2 Å². The number of fused-ring (bicyclic) bond motifs is 7. The van der Waals surface area contributed by atoms with Crippen molar-refractivity contribution in [2.45, 2.75) is 43.6 Å². The normalized spacial score (nSPS) is 19.3. The predicted molar refractivity (Wildman–Crippen MR) is 104 cm³/mol. The smallest absolute Gasteiger partial charge is 0.415 e. The van der Waals surface area contributed by atoms with Gasteiger partial charge in [-0.05, 0) is 43.0 Å². The van der Waals surface area contributed by atoms with Gasteiger partial charge in [0.05, 0.1) is 11.3 Å². The van der Waals surface area contributed by atoms with Crippen molar-refractivity contribution in [2.75, 3.05) is 5.73 Å². The number of anilines is 1. The van der Waals surface area contributed by atoms with E-state index >= 15 is 0 Å². The molecule has 1 aliphatic heterocycles. The molecule has 14 heteroatoms. The van der Waals surface area contributed by atoms with Gasteiger partial charge in [0.1, 0.15) is 11.5 Å². The number of carbonyl (C=O) groups is 1. The van der Waals surface area contributed by atoms with Gasteiger partial charge in [0.15, 0.2) is 11.5 Å². The van der Waals surface area contributed by atoms with Crippen LogP contribution in [0.15, 0.2) is 28.7 Å². The average molecular weight is 504 g/mol. The molecule has 2 aromatic heterocycles. The van der Waals surface area contributed by atoms with Crippen LogP contribution in [0.1, 0.15) is 52.3 Å². The van der Waals surface area contributed by atoms with Crippen LogP contribution in [-0.4, -0.2) is 32.2 Å². The number of nitrogens with two attached hydrogens (primary N) is 1. The van der Waals surface area contributed by atoms with Gasteiger partial charge in [-0.3, -0.25) is 4.79 Å². The van der Waals surface area contributed by atoms with Crippen molar-refractivity contribution in [3.8, 4) is 11.6 Å². The number of halogens is 7. The number of alkyl halides is 6. The van der Waals surface area contributed by atoms with Crippen molar-refractivity contribution < 1.29 is 45.1 Å². The lowest BCUT2D eigenvalue weighted by molar-refractivity contribution is -0.256. The minimum atomic E-state index is -5.55. The summed E-state index contributed by atoms with van der Waals surface area (Å²) in [6.07, 6.45) is -10.7. The van der Waals surface area contributed by atoms with Gasteiger partial charge in [0, 0.05) is 12.0 Å². The van der Waals surface area contributed by atoms with Crippen molar-refractivity contribution in [2.24, 2.45) is 0 Å². The molecule has 1 aromatic carbocycles. The molecule has 3 aromatic rings. The molecule has 1 atom stereocenters. The van der Waals surface area contributed by atoms with Crippen LogP contribution in [0.25, 0.3) is 11.6 Å². The van der Waals surface area contributed by atoms with Crippen LogP contribution in [0, 0.1) is 5.82 Å². The molecule has 0 radical (unpaired) electrons. The second-order valence-electron chi connectivity index (χ2n) is 7.89. The summed E-state index contributed by atoms with van der Waals surface area (Å²) in [6, 6.07) is 3.07. The van der Waals surface area contributed by atoms with E-state index in [0.29, 0.717) is 6.07 Å². The summed E-state index contributed by atoms with van der Waals surface area (Å²) in [4.78, 5) is 16.2. The van der Waals surface area contributed by atoms with Crippen LogP contribution in [0.4, 0.5) is 36.4 Å². The zero-order valence-corrected chi connectivity index (χ0v) is 17.5. The van der Waals surface area contributed by atoms with Gasteiger partial charge >= 0.3 is 12.4 Å². The Balaban J connectivity index is 1.99. The first-order chi connectivity index (χ1) is 16.2. The highest BCUT2D eigenvalue weighted by Gasteiger charge is 2.61. The lowest BCUT2D eigenvalue weighted by atomic mass is 9.90. The number of hydrogen-bond acceptors (Lipinski definition) is 7. The van der Waals surface area contributed by atoms with Crippen LogP contribution in [0.3, 0.4) is 0 Å². The number of aromatic nitrogens is 3. The minimum absolute atomic E-state index is 0.0378. The average Bonchev–Trinajstić information content (AvgIpc) is 3.25. The molecular formula is C21H15F7N4O3. The number of carbonyl (C=O) groups excluding carboxylic acids is 1. The highest BCUT2D eigenvalue weighted by molar-refractivity contribution is 5.97. The molecule has 7 nitrogen and oxygen atoms in total. The summed E-state index contributed by atoms with van der Waals surface area (Å²) in [6.45, 7) is 0. The van der Waals surface area contributed by atoms with E-state index < -0.39 is 69.5 Å². The van der Waals surface area contributed by atoms with Crippen molar-refractivity contribution in [1.29, 1.82) is 0 Å². The molecule has 0 fully saturated rings. The number of aliphatic hydroxyl groups is 1. The van der Waals surface area contributed by atoms with Crippen LogP contribution in [0.2, 0.25) is 0 Å². The molecule has 0 saturated heterocycles. The SMILES string of the molecule is Nc1cc(C(F)(F)F)c2nc1-c1nnc(o1)[C@@](O)(C(F)(F)F)c1cc(ccc1F)CCCCC2=O. The number of hydrogen-bond donors (Lipinski definition) is 2. The monoisotopic (exact) mass is 504 g/mol. The van der Waals surface area contributed by atoms with Gasteiger partial charge in [-0.15, -0.1) is 10.2 Å². The second-order valence-corrected chi connectivity index (χ2v) is 7.89. The van der Waals surface area contributed by atoms with Crippen LogP contribution >= 0.6 is 0 Å². The van der Waals surface area contributed by atoms with Crippen LogP contribution in [0.5, 0.6) is 0 Å². The van der Waals surface area contributed by atoms with Crippen molar-refractivity contribution >= 4 is 11.5 Å². The summed E-state index contributed by atoms with van der Waals surface area (Å²) in [5.41, 5.74) is -3.40. The molecule has 35 heavy (non-hydrogen) atoms. The lowest BCUT2D eigenvalue weighted by Gasteiger charge is -2.28. The molecule has 0 aliphatic carbocycles. The molecule has 0 saturated carbocycles. The maximum Gasteiger partial charge on any atom is 0.430 e. The summed E-state index contributed by atoms with van der Waals surface area (Å²) in [5.74, 6) is -4.82. The number of benzene rings is 1. The van der Waals surface area contributed by atoms with E-state index in [0.717, 1.165) is 12.1 Å². The third-order valence-corrected chi connectivity index (χ3v) is 5.51. The molecular weight excluding hydrogens is 489 g/mol. The maximum atomic E-state index is 14.5. The summed E-state index contributed by atoms with van der Waals surface area (Å²) < 4.78 is 102. The van der Waals surface area contributed by atoms with E-state index in [1.54, 1.807) is 0 Å². The number of aryl methyl sites for hydroxylation is 1. The van der Waals surface area contributed by atoms with E-state index in [9.17, 15) is 40.6 Å². The second kappa shape index (κ2) is 8.29.